The van der Waals surface area contributed by atoms with Crippen LogP contribution in [0.25, 0.3) is 0 Å². The number of esters is 3. The molecular formula is C57H96O6. The van der Waals surface area contributed by atoms with Crippen LogP contribution in [0.1, 0.15) is 239 Å². The molecule has 0 rings (SSSR count). The van der Waals surface area contributed by atoms with Crippen LogP contribution < -0.4 is 0 Å². The Bertz CT molecular complexity index is 1240. The zero-order valence-corrected chi connectivity index (χ0v) is 41.1. The summed E-state index contributed by atoms with van der Waals surface area (Å²) in [5.41, 5.74) is 0. The summed E-state index contributed by atoms with van der Waals surface area (Å²) in [6.07, 6.45) is 65.9. The Kier molecular flexibility index (Phi) is 48.5. The maximum absolute atomic E-state index is 12.7. The summed E-state index contributed by atoms with van der Waals surface area (Å²) >= 11 is 0. The van der Waals surface area contributed by atoms with E-state index in [1.54, 1.807) is 6.08 Å². The third kappa shape index (κ3) is 49.5. The van der Waals surface area contributed by atoms with Crippen LogP contribution in [-0.2, 0) is 28.6 Å². The molecule has 0 aliphatic rings. The van der Waals surface area contributed by atoms with E-state index in [1.807, 2.05) is 6.08 Å². The van der Waals surface area contributed by atoms with E-state index in [4.69, 9.17) is 14.2 Å². The van der Waals surface area contributed by atoms with Gasteiger partial charge in [-0.1, -0.05) is 228 Å². The highest BCUT2D eigenvalue weighted by Crippen LogP contribution is 2.14. The van der Waals surface area contributed by atoms with E-state index in [0.717, 1.165) is 83.5 Å². The van der Waals surface area contributed by atoms with Crippen molar-refractivity contribution in [2.75, 3.05) is 13.2 Å². The van der Waals surface area contributed by atoms with E-state index in [9.17, 15) is 14.4 Å². The summed E-state index contributed by atoms with van der Waals surface area (Å²) in [5.74, 6) is -1.05. The van der Waals surface area contributed by atoms with Crippen LogP contribution in [0.5, 0.6) is 0 Å². The van der Waals surface area contributed by atoms with Crippen molar-refractivity contribution in [3.8, 4) is 0 Å². The van der Waals surface area contributed by atoms with Gasteiger partial charge in [0.2, 0.25) is 0 Å². The van der Waals surface area contributed by atoms with E-state index in [0.29, 0.717) is 12.8 Å². The second-order valence-electron chi connectivity index (χ2n) is 17.1. The minimum atomic E-state index is -0.832. The summed E-state index contributed by atoms with van der Waals surface area (Å²) in [7, 11) is 0. The molecule has 63 heavy (non-hydrogen) atoms. The van der Waals surface area contributed by atoms with Gasteiger partial charge in [-0.3, -0.25) is 14.4 Å². The predicted octanol–water partition coefficient (Wildman–Crippen LogP) is 17.2. The fourth-order valence-electron chi connectivity index (χ4n) is 7.02. The van der Waals surface area contributed by atoms with Gasteiger partial charge in [-0.15, -0.1) is 0 Å². The molecule has 360 valence electrons. The molecule has 0 bridgehead atoms. The minimum absolute atomic E-state index is 0.0957. The van der Waals surface area contributed by atoms with Crippen LogP contribution in [0, 0.1) is 0 Å². The smallest absolute Gasteiger partial charge is 0.310 e. The van der Waals surface area contributed by atoms with Crippen molar-refractivity contribution in [3.63, 3.8) is 0 Å². The molecule has 6 heteroatoms. The van der Waals surface area contributed by atoms with Gasteiger partial charge < -0.3 is 14.2 Å². The third-order valence-electron chi connectivity index (χ3n) is 10.9. The second-order valence-corrected chi connectivity index (χ2v) is 17.1. The summed E-state index contributed by atoms with van der Waals surface area (Å²) in [6.45, 7) is 6.41. The van der Waals surface area contributed by atoms with Gasteiger partial charge in [-0.2, -0.15) is 0 Å². The average Bonchev–Trinajstić information content (AvgIpc) is 3.28. The topological polar surface area (TPSA) is 78.9 Å². The molecule has 0 N–H and O–H groups in total. The lowest BCUT2D eigenvalue weighted by Crippen LogP contribution is -2.30. The first-order chi connectivity index (χ1) is 31.0. The fourth-order valence-corrected chi connectivity index (χ4v) is 7.02. The molecule has 0 heterocycles. The molecule has 0 spiro atoms. The number of rotatable bonds is 46. The standard InChI is InChI=1S/C57H96O6/c1-4-7-10-13-16-19-22-25-27-28-30-32-35-38-41-44-47-50-56(59)62-53-54(52-61-55(58)49-46-43-40-37-34-31-24-21-18-15-12-9-6-3)63-57(60)51-48-45-42-39-36-33-29-26-23-20-17-14-11-8-5-2/h8,11,16-17,19-20,25-27,29,36,39,45,48,54H,4-7,9-10,12-15,18,21-24,28,30-35,37-38,40-44,46-47,49-53H2,1-3H3/b11-8-,19-16-,20-17-,27-25-,29-26-,39-36-,48-45-. The van der Waals surface area contributed by atoms with Crippen molar-refractivity contribution >= 4 is 17.9 Å². The van der Waals surface area contributed by atoms with Gasteiger partial charge in [0.05, 0.1) is 6.42 Å². The minimum Gasteiger partial charge on any atom is -0.462 e. The molecule has 0 aromatic rings. The lowest BCUT2D eigenvalue weighted by Gasteiger charge is -2.18. The molecule has 0 aliphatic heterocycles. The molecule has 0 radical (unpaired) electrons. The third-order valence-corrected chi connectivity index (χ3v) is 10.9. The van der Waals surface area contributed by atoms with Crippen LogP contribution in [0.3, 0.4) is 0 Å². The monoisotopic (exact) mass is 877 g/mol. The lowest BCUT2D eigenvalue weighted by atomic mass is 10.0. The van der Waals surface area contributed by atoms with Gasteiger partial charge in [0.15, 0.2) is 6.10 Å². The van der Waals surface area contributed by atoms with Crippen LogP contribution in [0.15, 0.2) is 85.1 Å². The number of carbonyl (C=O) groups is 3. The number of hydrogen-bond donors (Lipinski definition) is 0. The largest absolute Gasteiger partial charge is 0.462 e. The Hall–Kier alpha value is -3.41. The first kappa shape index (κ1) is 59.6. The number of allylic oxidation sites excluding steroid dienone is 13. The Morgan fingerprint density at radius 3 is 1.08 bits per heavy atom. The zero-order chi connectivity index (χ0) is 45.8. The average molecular weight is 877 g/mol. The molecule has 0 amide bonds. The molecule has 0 aliphatic carbocycles. The van der Waals surface area contributed by atoms with Gasteiger partial charge in [-0.05, 0) is 77.0 Å². The first-order valence-electron chi connectivity index (χ1n) is 26.1. The molecule has 6 nitrogen and oxygen atoms in total. The van der Waals surface area contributed by atoms with Crippen molar-refractivity contribution in [2.45, 2.75) is 245 Å². The summed E-state index contributed by atoms with van der Waals surface area (Å²) < 4.78 is 16.7. The second kappa shape index (κ2) is 51.2. The number of hydrogen-bond acceptors (Lipinski definition) is 6. The normalized spacial score (nSPS) is 12.7. The Morgan fingerprint density at radius 1 is 0.349 bits per heavy atom. The number of carbonyl (C=O) groups excluding carboxylic acids is 3. The van der Waals surface area contributed by atoms with Crippen LogP contribution in [0.2, 0.25) is 0 Å². The van der Waals surface area contributed by atoms with Gasteiger partial charge in [-0.25, -0.2) is 0 Å². The van der Waals surface area contributed by atoms with Crippen LogP contribution >= 0.6 is 0 Å². The molecule has 0 saturated heterocycles. The summed E-state index contributed by atoms with van der Waals surface area (Å²) in [6, 6.07) is 0. The Balaban J connectivity index is 4.50. The molecule has 0 aromatic heterocycles. The molecule has 0 fully saturated rings. The van der Waals surface area contributed by atoms with Crippen LogP contribution in [0.4, 0.5) is 0 Å². The Morgan fingerprint density at radius 2 is 0.667 bits per heavy atom. The zero-order valence-electron chi connectivity index (χ0n) is 41.1. The van der Waals surface area contributed by atoms with E-state index < -0.39 is 12.1 Å². The van der Waals surface area contributed by atoms with Gasteiger partial charge in [0.1, 0.15) is 13.2 Å². The maximum atomic E-state index is 12.7. The van der Waals surface area contributed by atoms with Gasteiger partial charge in [0, 0.05) is 12.8 Å². The van der Waals surface area contributed by atoms with Crippen LogP contribution in [-0.4, -0.2) is 37.2 Å². The highest BCUT2D eigenvalue weighted by atomic mass is 16.6. The first-order valence-corrected chi connectivity index (χ1v) is 26.1. The maximum Gasteiger partial charge on any atom is 0.310 e. The van der Waals surface area contributed by atoms with Crippen molar-refractivity contribution in [3.05, 3.63) is 85.1 Å². The number of unbranched alkanes of at least 4 members (excludes halogenated alkanes) is 22. The fraction of sp³-hybridized carbons (Fsp3) is 0.702. The van der Waals surface area contributed by atoms with Crippen molar-refractivity contribution in [2.24, 2.45) is 0 Å². The number of ether oxygens (including phenoxy) is 3. The molecular weight excluding hydrogens is 781 g/mol. The van der Waals surface area contributed by atoms with E-state index >= 15 is 0 Å². The van der Waals surface area contributed by atoms with Crippen molar-refractivity contribution < 1.29 is 28.6 Å². The van der Waals surface area contributed by atoms with E-state index in [-0.39, 0.29) is 31.6 Å². The molecule has 0 aromatic carbocycles. The van der Waals surface area contributed by atoms with Gasteiger partial charge >= 0.3 is 17.9 Å². The molecule has 0 saturated carbocycles. The molecule has 1 atom stereocenters. The summed E-state index contributed by atoms with van der Waals surface area (Å²) in [4.78, 5) is 37.9. The van der Waals surface area contributed by atoms with Crippen molar-refractivity contribution in [1.29, 1.82) is 0 Å². The Labute approximate surface area is 388 Å². The highest BCUT2D eigenvalue weighted by molar-refractivity contribution is 5.72. The van der Waals surface area contributed by atoms with E-state index in [2.05, 4.69) is 93.7 Å². The van der Waals surface area contributed by atoms with Gasteiger partial charge in [0.25, 0.3) is 0 Å². The SMILES string of the molecule is CC/C=C\C/C=C\C/C=C\C/C=C\C/C=C\CC(=O)OC(COC(=O)CCCCCCCCC/C=C\C/C=C\CCCCC)COC(=O)CCCCCCCCCCCCCCC. The predicted molar refractivity (Wildman–Crippen MR) is 270 cm³/mol. The van der Waals surface area contributed by atoms with Crippen molar-refractivity contribution in [1.82, 2.24) is 0 Å². The molecule has 1 unspecified atom stereocenters. The lowest BCUT2D eigenvalue weighted by molar-refractivity contribution is -0.166. The van der Waals surface area contributed by atoms with E-state index in [1.165, 1.54) is 116 Å². The summed E-state index contributed by atoms with van der Waals surface area (Å²) in [5, 5.41) is 0. The highest BCUT2D eigenvalue weighted by Gasteiger charge is 2.19. The quantitative estimate of drug-likeness (QED) is 0.0262.